The van der Waals surface area contributed by atoms with Crippen LogP contribution in [0.15, 0.2) is 28.2 Å². The molecule has 0 fully saturated rings. The van der Waals surface area contributed by atoms with Crippen molar-refractivity contribution in [3.63, 3.8) is 0 Å². The van der Waals surface area contributed by atoms with Gasteiger partial charge in [0.15, 0.2) is 23.4 Å². The van der Waals surface area contributed by atoms with Gasteiger partial charge in [0.25, 0.3) is 0 Å². The standard InChI is InChI=1S/C11H17N5O2/c1-14-10(12)16-11(13)15-5-4-7-2-3-8(17)9(18)6-7/h2-3,6,17-18H,4-5H2,1H3,(H5,12,13,14,15,16). The first kappa shape index (κ1) is 13.6. The van der Waals surface area contributed by atoms with Crippen molar-refractivity contribution in [3.8, 4) is 11.5 Å². The third kappa shape index (κ3) is 4.20. The molecule has 1 aromatic rings. The van der Waals surface area contributed by atoms with Crippen LogP contribution in [0.4, 0.5) is 0 Å². The second-order valence-corrected chi connectivity index (χ2v) is 3.57. The van der Waals surface area contributed by atoms with E-state index in [0.717, 1.165) is 5.56 Å². The summed E-state index contributed by atoms with van der Waals surface area (Å²) in [5, 5.41) is 21.1. The van der Waals surface area contributed by atoms with Crippen molar-refractivity contribution < 1.29 is 10.2 Å². The molecule has 0 saturated carbocycles. The Morgan fingerprint density at radius 3 is 2.56 bits per heavy atom. The van der Waals surface area contributed by atoms with E-state index in [4.69, 9.17) is 16.6 Å². The van der Waals surface area contributed by atoms with E-state index in [2.05, 4.69) is 15.3 Å². The van der Waals surface area contributed by atoms with Crippen LogP contribution in [0.3, 0.4) is 0 Å². The predicted octanol–water partition coefficient (Wildman–Crippen LogP) is -0.511. The molecule has 0 heterocycles. The van der Waals surface area contributed by atoms with Crippen molar-refractivity contribution in [2.45, 2.75) is 6.42 Å². The van der Waals surface area contributed by atoms with Crippen molar-refractivity contribution in [1.82, 2.24) is 5.32 Å². The molecular weight excluding hydrogens is 234 g/mol. The summed E-state index contributed by atoms with van der Waals surface area (Å²) in [6.07, 6.45) is 0.583. The summed E-state index contributed by atoms with van der Waals surface area (Å²) in [4.78, 5) is 7.72. The van der Waals surface area contributed by atoms with Gasteiger partial charge in [-0.2, -0.15) is 0 Å². The molecule has 0 spiro atoms. The molecule has 0 aromatic heterocycles. The fourth-order valence-corrected chi connectivity index (χ4v) is 1.26. The minimum Gasteiger partial charge on any atom is -0.504 e. The number of rotatable bonds is 3. The van der Waals surface area contributed by atoms with Crippen LogP contribution < -0.4 is 16.8 Å². The lowest BCUT2D eigenvalue weighted by Gasteiger charge is -2.04. The lowest BCUT2D eigenvalue weighted by molar-refractivity contribution is 0.403. The number of phenols is 2. The Morgan fingerprint density at radius 2 is 1.94 bits per heavy atom. The second-order valence-electron chi connectivity index (χ2n) is 3.57. The van der Waals surface area contributed by atoms with Crippen LogP contribution in [0.1, 0.15) is 5.56 Å². The molecule has 0 bridgehead atoms. The van der Waals surface area contributed by atoms with Gasteiger partial charge < -0.3 is 21.7 Å². The van der Waals surface area contributed by atoms with E-state index in [1.165, 1.54) is 19.2 Å². The molecule has 7 heteroatoms. The maximum absolute atomic E-state index is 9.30. The molecule has 18 heavy (non-hydrogen) atoms. The zero-order valence-electron chi connectivity index (χ0n) is 10.1. The van der Waals surface area contributed by atoms with E-state index in [9.17, 15) is 5.11 Å². The van der Waals surface area contributed by atoms with Crippen LogP contribution in [0.5, 0.6) is 11.5 Å². The average Bonchev–Trinajstić information content (AvgIpc) is 2.33. The summed E-state index contributed by atoms with van der Waals surface area (Å²) in [6.45, 7) is 0.431. The fourth-order valence-electron chi connectivity index (χ4n) is 1.26. The number of aromatic hydroxyl groups is 2. The second kappa shape index (κ2) is 6.33. The molecule has 0 unspecified atom stereocenters. The average molecular weight is 251 g/mol. The van der Waals surface area contributed by atoms with Crippen molar-refractivity contribution in [2.24, 2.45) is 21.5 Å². The van der Waals surface area contributed by atoms with Gasteiger partial charge in [-0.3, -0.25) is 15.3 Å². The summed E-state index contributed by atoms with van der Waals surface area (Å²) in [5.74, 6) is 0.0833. The van der Waals surface area contributed by atoms with Gasteiger partial charge in [-0.05, 0) is 24.1 Å². The summed E-state index contributed by atoms with van der Waals surface area (Å²) in [7, 11) is 1.54. The van der Waals surface area contributed by atoms with Crippen molar-refractivity contribution in [1.29, 1.82) is 0 Å². The predicted molar refractivity (Wildman–Crippen MR) is 70.6 cm³/mol. The van der Waals surface area contributed by atoms with E-state index >= 15 is 0 Å². The Kier molecular flexibility index (Phi) is 4.79. The van der Waals surface area contributed by atoms with E-state index in [-0.39, 0.29) is 23.4 Å². The van der Waals surface area contributed by atoms with E-state index in [1.807, 2.05) is 0 Å². The van der Waals surface area contributed by atoms with Crippen molar-refractivity contribution in [2.75, 3.05) is 13.6 Å². The van der Waals surface area contributed by atoms with Gasteiger partial charge in [0.05, 0.1) is 0 Å². The first-order valence-electron chi connectivity index (χ1n) is 5.33. The summed E-state index contributed by atoms with van der Waals surface area (Å²) in [6, 6.07) is 4.62. The molecule has 7 nitrogen and oxygen atoms in total. The fraction of sp³-hybridized carbons (Fsp3) is 0.273. The van der Waals surface area contributed by atoms with Gasteiger partial charge in [-0.25, -0.2) is 0 Å². The largest absolute Gasteiger partial charge is 0.504 e. The molecule has 0 aliphatic rings. The number of benzene rings is 1. The summed E-state index contributed by atoms with van der Waals surface area (Å²) >= 11 is 0. The first-order chi connectivity index (χ1) is 8.52. The topological polar surface area (TPSA) is 129 Å². The monoisotopic (exact) mass is 251 g/mol. The Labute approximate surface area is 105 Å². The number of aliphatic imine (C=N–C) groups is 2. The van der Waals surface area contributed by atoms with Crippen LogP contribution in [0.25, 0.3) is 0 Å². The number of guanidine groups is 2. The van der Waals surface area contributed by atoms with Crippen molar-refractivity contribution >= 4 is 11.9 Å². The van der Waals surface area contributed by atoms with Crippen LogP contribution >= 0.6 is 0 Å². The first-order valence-corrected chi connectivity index (χ1v) is 5.33. The quantitative estimate of drug-likeness (QED) is 0.280. The number of hydrogen-bond acceptors (Lipinski definition) is 4. The number of hydrogen-bond donors (Lipinski definition) is 5. The SMILES string of the molecule is CN=C(N)NC(N)=NCCc1ccc(O)c(O)c1. The van der Waals surface area contributed by atoms with Crippen LogP contribution in [-0.2, 0) is 6.42 Å². The van der Waals surface area contributed by atoms with Gasteiger partial charge in [-0.1, -0.05) is 6.07 Å². The molecule has 0 amide bonds. The Balaban J connectivity index is 2.50. The number of nitrogens with two attached hydrogens (primary N) is 2. The van der Waals surface area contributed by atoms with Gasteiger partial charge in [0, 0.05) is 13.6 Å². The Morgan fingerprint density at radius 1 is 1.22 bits per heavy atom. The van der Waals surface area contributed by atoms with Gasteiger partial charge in [-0.15, -0.1) is 0 Å². The zero-order valence-corrected chi connectivity index (χ0v) is 10.1. The third-order valence-electron chi connectivity index (χ3n) is 2.22. The molecule has 0 saturated heterocycles. The Bertz CT molecular complexity index is 471. The third-order valence-corrected chi connectivity index (χ3v) is 2.22. The minimum absolute atomic E-state index is 0.143. The van der Waals surface area contributed by atoms with Crippen LogP contribution in [0.2, 0.25) is 0 Å². The summed E-state index contributed by atoms with van der Waals surface area (Å²) < 4.78 is 0. The molecule has 0 radical (unpaired) electrons. The maximum Gasteiger partial charge on any atom is 0.195 e. The molecule has 0 atom stereocenters. The highest BCUT2D eigenvalue weighted by molar-refractivity contribution is 5.96. The van der Waals surface area contributed by atoms with E-state index < -0.39 is 0 Å². The van der Waals surface area contributed by atoms with E-state index in [1.54, 1.807) is 6.07 Å². The van der Waals surface area contributed by atoms with Crippen molar-refractivity contribution in [3.05, 3.63) is 23.8 Å². The molecule has 1 aromatic carbocycles. The Hall–Kier alpha value is -2.44. The number of nitrogens with zero attached hydrogens (tertiary/aromatic N) is 2. The van der Waals surface area contributed by atoms with Crippen LogP contribution in [0, 0.1) is 0 Å². The van der Waals surface area contributed by atoms with Gasteiger partial charge in [0.2, 0.25) is 0 Å². The zero-order chi connectivity index (χ0) is 13.5. The van der Waals surface area contributed by atoms with Crippen LogP contribution in [-0.4, -0.2) is 35.7 Å². The minimum atomic E-state index is -0.148. The maximum atomic E-state index is 9.30. The highest BCUT2D eigenvalue weighted by Crippen LogP contribution is 2.24. The molecule has 98 valence electrons. The lowest BCUT2D eigenvalue weighted by atomic mass is 10.1. The molecule has 1 rings (SSSR count). The van der Waals surface area contributed by atoms with Gasteiger partial charge >= 0.3 is 0 Å². The summed E-state index contributed by atoms with van der Waals surface area (Å²) in [5.41, 5.74) is 11.8. The highest BCUT2D eigenvalue weighted by Gasteiger charge is 2.00. The molecular formula is C11H17N5O2. The van der Waals surface area contributed by atoms with E-state index in [0.29, 0.717) is 13.0 Å². The molecule has 0 aliphatic heterocycles. The highest BCUT2D eigenvalue weighted by atomic mass is 16.3. The van der Waals surface area contributed by atoms with Gasteiger partial charge in [0.1, 0.15) is 0 Å². The lowest BCUT2D eigenvalue weighted by Crippen LogP contribution is -2.41. The molecule has 7 N–H and O–H groups in total. The number of nitrogens with one attached hydrogen (secondary N) is 1. The normalized spacial score (nSPS) is 12.5. The molecule has 0 aliphatic carbocycles. The number of phenolic OH excluding ortho intramolecular Hbond substituents is 2. The smallest absolute Gasteiger partial charge is 0.195 e.